The summed E-state index contributed by atoms with van der Waals surface area (Å²) in [4.78, 5) is 8.52. The van der Waals surface area contributed by atoms with Gasteiger partial charge in [0.15, 0.2) is 8.32 Å². The number of hydrogen-bond acceptors (Lipinski definition) is 4. The molecule has 21 heavy (non-hydrogen) atoms. The molecule has 3 nitrogen and oxygen atoms in total. The van der Waals surface area contributed by atoms with Crippen molar-refractivity contribution in [1.82, 2.24) is 9.97 Å². The van der Waals surface area contributed by atoms with Gasteiger partial charge in [-0.3, -0.25) is 0 Å². The summed E-state index contributed by atoms with van der Waals surface area (Å²) < 4.78 is 6.14. The average Bonchev–Trinajstić information content (AvgIpc) is 2.38. The largest absolute Gasteiger partial charge is 0.417 e. The predicted molar refractivity (Wildman–Crippen MR) is 96.3 cm³/mol. The molecule has 1 heterocycles. The van der Waals surface area contributed by atoms with Crippen LogP contribution in [-0.2, 0) is 4.43 Å². The molecular formula is C16H26N2OSSi. The Morgan fingerprint density at radius 3 is 2.57 bits per heavy atom. The third-order valence-electron chi connectivity index (χ3n) is 3.93. The molecule has 5 heteroatoms. The molecule has 0 saturated heterocycles. The standard InChI is InChI=1S/C16H26N2OSSi/c1-13-17-11-14(15(12-20)18-13)9-7-8-10-19-21(5,6)16(2,3)4/h7,9,11-12H,8,10H2,1-6H3/b9-7+. The highest BCUT2D eigenvalue weighted by atomic mass is 32.1. The van der Waals surface area contributed by atoms with Crippen molar-refractivity contribution < 1.29 is 4.43 Å². The van der Waals surface area contributed by atoms with Gasteiger partial charge in [0, 0.05) is 23.7 Å². The van der Waals surface area contributed by atoms with E-state index in [1.165, 1.54) is 0 Å². The smallest absolute Gasteiger partial charge is 0.191 e. The fraction of sp³-hybridized carbons (Fsp3) is 0.562. The van der Waals surface area contributed by atoms with E-state index in [0.717, 1.165) is 30.1 Å². The van der Waals surface area contributed by atoms with Crippen LogP contribution in [0, 0.1) is 6.92 Å². The van der Waals surface area contributed by atoms with Crippen molar-refractivity contribution in [3.63, 3.8) is 0 Å². The van der Waals surface area contributed by atoms with Crippen molar-refractivity contribution >= 4 is 32.0 Å². The van der Waals surface area contributed by atoms with Crippen LogP contribution >= 0.6 is 12.2 Å². The maximum atomic E-state index is 6.14. The van der Waals surface area contributed by atoms with E-state index in [4.69, 9.17) is 16.6 Å². The quantitative estimate of drug-likeness (QED) is 0.437. The second kappa shape index (κ2) is 7.38. The molecule has 116 valence electrons. The van der Waals surface area contributed by atoms with Crippen molar-refractivity contribution in [3.05, 3.63) is 29.4 Å². The van der Waals surface area contributed by atoms with E-state index in [9.17, 15) is 0 Å². The Morgan fingerprint density at radius 1 is 1.33 bits per heavy atom. The first-order valence-electron chi connectivity index (χ1n) is 7.27. The molecule has 0 bridgehead atoms. The molecule has 0 N–H and O–H groups in total. The molecule has 0 aromatic carbocycles. The highest BCUT2D eigenvalue weighted by Gasteiger charge is 2.36. The van der Waals surface area contributed by atoms with Gasteiger partial charge in [0.2, 0.25) is 0 Å². The van der Waals surface area contributed by atoms with E-state index < -0.39 is 8.32 Å². The van der Waals surface area contributed by atoms with Crippen molar-refractivity contribution in [2.45, 2.75) is 52.2 Å². The van der Waals surface area contributed by atoms with Crippen molar-refractivity contribution in [2.24, 2.45) is 0 Å². The zero-order chi connectivity index (χ0) is 16.1. The summed E-state index contributed by atoms with van der Waals surface area (Å²) in [6, 6.07) is 0. The van der Waals surface area contributed by atoms with E-state index in [1.54, 1.807) is 5.37 Å². The number of nitrogens with zero attached hydrogens (tertiary/aromatic N) is 2. The molecule has 0 spiro atoms. The highest BCUT2D eigenvalue weighted by molar-refractivity contribution is 7.79. The van der Waals surface area contributed by atoms with Crippen LogP contribution in [0.1, 0.15) is 44.3 Å². The van der Waals surface area contributed by atoms with Gasteiger partial charge in [0.25, 0.3) is 0 Å². The molecule has 1 rings (SSSR count). The van der Waals surface area contributed by atoms with Crippen LogP contribution in [0.4, 0.5) is 0 Å². The van der Waals surface area contributed by atoms with Crippen LogP contribution in [0.5, 0.6) is 0 Å². The summed E-state index contributed by atoms with van der Waals surface area (Å²) in [5.41, 5.74) is 1.77. The van der Waals surface area contributed by atoms with Crippen LogP contribution in [0.15, 0.2) is 12.3 Å². The molecule has 1 aromatic heterocycles. The molecule has 0 amide bonds. The van der Waals surface area contributed by atoms with Crippen LogP contribution < -0.4 is 0 Å². The van der Waals surface area contributed by atoms with Crippen LogP contribution in [0.3, 0.4) is 0 Å². The Balaban J connectivity index is 2.55. The molecule has 0 atom stereocenters. The number of aryl methyl sites for hydroxylation is 1. The summed E-state index contributed by atoms with van der Waals surface area (Å²) in [5.74, 6) is 0.740. The minimum atomic E-state index is -1.64. The maximum Gasteiger partial charge on any atom is 0.191 e. The lowest BCUT2D eigenvalue weighted by Crippen LogP contribution is -2.40. The van der Waals surface area contributed by atoms with Crippen LogP contribution in [0.2, 0.25) is 18.1 Å². The van der Waals surface area contributed by atoms with Gasteiger partial charge in [0.05, 0.1) is 5.69 Å². The molecule has 0 radical (unpaired) electrons. The molecule has 1 aromatic rings. The zero-order valence-electron chi connectivity index (χ0n) is 13.9. The van der Waals surface area contributed by atoms with E-state index >= 15 is 0 Å². The number of aromatic nitrogens is 2. The second-order valence-corrected chi connectivity index (χ2v) is 11.7. The SMILES string of the molecule is Cc1ncc(/C=C/CCO[Si](C)(C)C(C)(C)C)c(C=S)n1. The highest BCUT2D eigenvalue weighted by Crippen LogP contribution is 2.36. The maximum absolute atomic E-state index is 6.14. The lowest BCUT2D eigenvalue weighted by Gasteiger charge is -2.36. The third-order valence-corrected chi connectivity index (χ3v) is 8.69. The summed E-state index contributed by atoms with van der Waals surface area (Å²) in [6.07, 6.45) is 6.82. The molecular weight excluding hydrogens is 296 g/mol. The first kappa shape index (κ1) is 18.1. The first-order chi connectivity index (χ1) is 9.67. The number of rotatable bonds is 6. The van der Waals surface area contributed by atoms with E-state index in [0.29, 0.717) is 0 Å². The number of hydrogen-bond donors (Lipinski definition) is 0. The van der Waals surface area contributed by atoms with Crippen LogP contribution in [-0.4, -0.2) is 30.3 Å². The normalized spacial score (nSPS) is 12.9. The molecule has 0 aliphatic carbocycles. The summed E-state index contributed by atoms with van der Waals surface area (Å²) in [7, 11) is -1.64. The molecule has 0 fully saturated rings. The second-order valence-electron chi connectivity index (χ2n) is 6.68. The van der Waals surface area contributed by atoms with E-state index in [-0.39, 0.29) is 5.04 Å². The Hall–Kier alpha value is -0.913. The van der Waals surface area contributed by atoms with Gasteiger partial charge in [-0.05, 0) is 31.5 Å². The summed E-state index contributed by atoms with van der Waals surface area (Å²) in [6.45, 7) is 13.9. The van der Waals surface area contributed by atoms with E-state index in [2.05, 4.69) is 49.9 Å². The fourth-order valence-electron chi connectivity index (χ4n) is 1.53. The van der Waals surface area contributed by atoms with E-state index in [1.807, 2.05) is 19.2 Å². The zero-order valence-corrected chi connectivity index (χ0v) is 15.8. The minimum absolute atomic E-state index is 0.256. The Bertz CT molecular complexity index is 521. The van der Waals surface area contributed by atoms with Gasteiger partial charge in [-0.2, -0.15) is 0 Å². The predicted octanol–water partition coefficient (Wildman–Crippen LogP) is 4.56. The van der Waals surface area contributed by atoms with Gasteiger partial charge in [-0.25, -0.2) is 9.97 Å². The summed E-state index contributed by atoms with van der Waals surface area (Å²) >= 11 is 4.99. The Morgan fingerprint density at radius 2 is 2.00 bits per heavy atom. The Kier molecular flexibility index (Phi) is 6.37. The molecule has 0 aliphatic rings. The Labute approximate surface area is 135 Å². The third kappa shape index (κ3) is 5.41. The first-order valence-corrected chi connectivity index (χ1v) is 10.6. The number of thiocarbonyl (C=S) groups is 1. The van der Waals surface area contributed by atoms with Gasteiger partial charge in [-0.15, -0.1) is 0 Å². The van der Waals surface area contributed by atoms with Gasteiger partial charge >= 0.3 is 0 Å². The minimum Gasteiger partial charge on any atom is -0.417 e. The van der Waals surface area contributed by atoms with Crippen molar-refractivity contribution in [3.8, 4) is 0 Å². The molecule has 0 unspecified atom stereocenters. The lowest BCUT2D eigenvalue weighted by molar-refractivity contribution is 0.294. The average molecular weight is 323 g/mol. The topological polar surface area (TPSA) is 35.0 Å². The van der Waals surface area contributed by atoms with Crippen molar-refractivity contribution in [2.75, 3.05) is 6.61 Å². The van der Waals surface area contributed by atoms with Gasteiger partial charge in [-0.1, -0.05) is 45.1 Å². The lowest BCUT2D eigenvalue weighted by atomic mass is 10.2. The monoisotopic (exact) mass is 322 g/mol. The summed E-state index contributed by atoms with van der Waals surface area (Å²) in [5, 5.41) is 1.85. The molecule has 0 saturated carbocycles. The molecule has 0 aliphatic heterocycles. The van der Waals surface area contributed by atoms with Crippen molar-refractivity contribution in [1.29, 1.82) is 0 Å². The van der Waals surface area contributed by atoms with Gasteiger partial charge in [0.1, 0.15) is 5.82 Å². The van der Waals surface area contributed by atoms with Crippen LogP contribution in [0.25, 0.3) is 6.08 Å². The fourth-order valence-corrected chi connectivity index (χ4v) is 2.78. The van der Waals surface area contributed by atoms with Gasteiger partial charge < -0.3 is 4.43 Å².